The summed E-state index contributed by atoms with van der Waals surface area (Å²) >= 11 is 0. The lowest BCUT2D eigenvalue weighted by molar-refractivity contribution is 0.966. The summed E-state index contributed by atoms with van der Waals surface area (Å²) in [6, 6.07) is 8.16. The Morgan fingerprint density at radius 2 is 2.08 bits per heavy atom. The molecule has 0 spiro atoms. The summed E-state index contributed by atoms with van der Waals surface area (Å²) < 4.78 is 0. The molecule has 4 aromatic rings. The van der Waals surface area contributed by atoms with Crippen LogP contribution in [0.5, 0.6) is 0 Å². The van der Waals surface area contributed by atoms with Crippen LogP contribution in [0.2, 0.25) is 0 Å². The van der Waals surface area contributed by atoms with E-state index in [9.17, 15) is 0 Å². The first-order valence-electron chi connectivity index (χ1n) is 8.60. The van der Waals surface area contributed by atoms with Gasteiger partial charge in [-0.15, -0.1) is 0 Å². The van der Waals surface area contributed by atoms with E-state index >= 15 is 0 Å². The van der Waals surface area contributed by atoms with Gasteiger partial charge in [0.25, 0.3) is 0 Å². The van der Waals surface area contributed by atoms with Gasteiger partial charge < -0.3 is 11.1 Å². The van der Waals surface area contributed by atoms with Crippen molar-refractivity contribution in [2.45, 2.75) is 25.3 Å². The van der Waals surface area contributed by atoms with Crippen LogP contribution >= 0.6 is 0 Å². The van der Waals surface area contributed by atoms with E-state index in [-0.39, 0.29) is 0 Å². The Morgan fingerprint density at radius 1 is 1.15 bits per heavy atom. The molecule has 1 aliphatic carbocycles. The maximum atomic E-state index is 6.13. The third-order valence-electron chi connectivity index (χ3n) is 4.66. The molecule has 8 heteroatoms. The molecule has 8 nitrogen and oxygen atoms in total. The summed E-state index contributed by atoms with van der Waals surface area (Å²) in [5.74, 6) is 1.53. The van der Waals surface area contributed by atoms with Crippen molar-refractivity contribution in [3.63, 3.8) is 0 Å². The van der Waals surface area contributed by atoms with Gasteiger partial charge in [-0.3, -0.25) is 10.2 Å². The Bertz CT molecular complexity index is 1080. The minimum atomic E-state index is 0.418. The second-order valence-electron chi connectivity index (χ2n) is 6.62. The van der Waals surface area contributed by atoms with Crippen molar-refractivity contribution in [1.29, 1.82) is 0 Å². The van der Waals surface area contributed by atoms with Gasteiger partial charge in [0.05, 0.1) is 23.0 Å². The Balaban J connectivity index is 1.32. The number of anilines is 2. The molecule has 1 aliphatic rings. The van der Waals surface area contributed by atoms with Crippen molar-refractivity contribution in [3.8, 4) is 11.3 Å². The fraction of sp³-hybridized carbons (Fsp3) is 0.222. The fourth-order valence-corrected chi connectivity index (χ4v) is 3.04. The molecule has 130 valence electrons. The molecule has 0 bridgehead atoms. The van der Waals surface area contributed by atoms with Crippen molar-refractivity contribution in [2.24, 2.45) is 0 Å². The van der Waals surface area contributed by atoms with E-state index in [1.165, 1.54) is 12.8 Å². The van der Waals surface area contributed by atoms with Gasteiger partial charge in [0.1, 0.15) is 5.82 Å². The van der Waals surface area contributed by atoms with Crippen LogP contribution in [0.4, 0.5) is 11.8 Å². The Hall–Kier alpha value is -3.42. The minimum absolute atomic E-state index is 0.418. The van der Waals surface area contributed by atoms with E-state index in [1.807, 2.05) is 24.4 Å². The highest BCUT2D eigenvalue weighted by molar-refractivity contribution is 5.78. The van der Waals surface area contributed by atoms with Crippen molar-refractivity contribution >= 4 is 22.7 Å². The number of rotatable bonds is 5. The number of hydrogen-bond donors (Lipinski definition) is 4. The van der Waals surface area contributed by atoms with Crippen LogP contribution in [0.25, 0.3) is 22.2 Å². The van der Waals surface area contributed by atoms with Gasteiger partial charge in [0, 0.05) is 29.7 Å². The van der Waals surface area contributed by atoms with Crippen LogP contribution in [0.1, 0.15) is 30.0 Å². The van der Waals surface area contributed by atoms with E-state index < -0.39 is 0 Å². The molecule has 0 aliphatic heterocycles. The van der Waals surface area contributed by atoms with Gasteiger partial charge in [-0.2, -0.15) is 15.2 Å². The zero-order valence-corrected chi connectivity index (χ0v) is 14.0. The molecule has 3 heterocycles. The number of fused-ring (bicyclic) bond motifs is 1. The first-order chi connectivity index (χ1) is 12.8. The molecule has 3 aromatic heterocycles. The van der Waals surface area contributed by atoms with Crippen molar-refractivity contribution in [3.05, 3.63) is 47.9 Å². The second-order valence-corrected chi connectivity index (χ2v) is 6.62. The molecule has 0 amide bonds. The zero-order valence-electron chi connectivity index (χ0n) is 14.0. The lowest BCUT2D eigenvalue weighted by Gasteiger charge is -2.07. The van der Waals surface area contributed by atoms with Crippen LogP contribution in [-0.2, 0) is 6.54 Å². The molecule has 1 aromatic carbocycles. The van der Waals surface area contributed by atoms with Crippen molar-refractivity contribution in [1.82, 2.24) is 30.4 Å². The fourth-order valence-electron chi connectivity index (χ4n) is 3.04. The summed E-state index contributed by atoms with van der Waals surface area (Å²) in [5, 5.41) is 18.7. The molecule has 0 unspecified atom stereocenters. The highest BCUT2D eigenvalue weighted by Crippen LogP contribution is 2.40. The standard InChI is InChI=1S/C18H18N8/c19-17-13(16-6-15(25-26-16)11-2-3-11)9-21-18(23-17)20-7-10-1-4-14-12(5-10)8-22-24-14/h1,4-6,8-9,11H,2-3,7H2,(H,22,24)(H,25,26)(H3,19,20,21,23). The number of nitrogens with one attached hydrogen (secondary N) is 3. The lowest BCUT2D eigenvalue weighted by Crippen LogP contribution is -2.06. The molecule has 26 heavy (non-hydrogen) atoms. The van der Waals surface area contributed by atoms with E-state index in [2.05, 4.69) is 41.7 Å². The minimum Gasteiger partial charge on any atom is -0.383 e. The number of aromatic amines is 2. The van der Waals surface area contributed by atoms with Crippen molar-refractivity contribution in [2.75, 3.05) is 11.1 Å². The number of hydrogen-bond acceptors (Lipinski definition) is 6. The molecule has 0 radical (unpaired) electrons. The summed E-state index contributed by atoms with van der Waals surface area (Å²) in [4.78, 5) is 8.75. The Labute approximate surface area is 149 Å². The first kappa shape index (κ1) is 14.9. The van der Waals surface area contributed by atoms with Gasteiger partial charge in [0.15, 0.2) is 0 Å². The monoisotopic (exact) mass is 346 g/mol. The van der Waals surface area contributed by atoms with Gasteiger partial charge >= 0.3 is 0 Å². The molecule has 0 saturated heterocycles. The average Bonchev–Trinajstić information content (AvgIpc) is 3.20. The maximum absolute atomic E-state index is 6.13. The molecular weight excluding hydrogens is 328 g/mol. The summed E-state index contributed by atoms with van der Waals surface area (Å²) in [5.41, 5.74) is 11.0. The van der Waals surface area contributed by atoms with Gasteiger partial charge in [-0.05, 0) is 36.6 Å². The maximum Gasteiger partial charge on any atom is 0.224 e. The number of H-pyrrole nitrogens is 2. The predicted octanol–water partition coefficient (Wildman–Crippen LogP) is 2.81. The number of nitrogens with two attached hydrogens (primary N) is 1. The number of nitrogen functional groups attached to an aromatic ring is 1. The predicted molar refractivity (Wildman–Crippen MR) is 99.4 cm³/mol. The molecular formula is C18H18N8. The number of benzene rings is 1. The first-order valence-corrected chi connectivity index (χ1v) is 8.60. The van der Waals surface area contributed by atoms with E-state index in [4.69, 9.17) is 5.73 Å². The average molecular weight is 346 g/mol. The summed E-state index contributed by atoms with van der Waals surface area (Å²) in [7, 11) is 0. The van der Waals surface area contributed by atoms with Crippen LogP contribution in [-0.4, -0.2) is 30.4 Å². The smallest absolute Gasteiger partial charge is 0.224 e. The molecule has 1 saturated carbocycles. The van der Waals surface area contributed by atoms with Crippen molar-refractivity contribution < 1.29 is 0 Å². The van der Waals surface area contributed by atoms with Crippen LogP contribution < -0.4 is 11.1 Å². The van der Waals surface area contributed by atoms with Gasteiger partial charge in [-0.25, -0.2) is 4.98 Å². The van der Waals surface area contributed by atoms with E-state index in [0.717, 1.165) is 33.4 Å². The normalized spacial score (nSPS) is 14.0. The largest absolute Gasteiger partial charge is 0.383 e. The van der Waals surface area contributed by atoms with E-state index in [1.54, 1.807) is 6.20 Å². The second kappa shape index (κ2) is 5.83. The SMILES string of the molecule is Nc1nc(NCc2ccc3[nH]ncc3c2)ncc1-c1cc(C2CC2)[nH]n1. The molecule has 5 N–H and O–H groups in total. The molecule has 0 atom stereocenters. The summed E-state index contributed by atoms with van der Waals surface area (Å²) in [6.45, 7) is 0.605. The highest BCUT2D eigenvalue weighted by atomic mass is 15.1. The van der Waals surface area contributed by atoms with E-state index in [0.29, 0.717) is 24.2 Å². The topological polar surface area (TPSA) is 121 Å². The molecule has 5 rings (SSSR count). The summed E-state index contributed by atoms with van der Waals surface area (Å²) in [6.07, 6.45) is 5.97. The quantitative estimate of drug-likeness (QED) is 0.441. The Morgan fingerprint density at radius 3 is 2.92 bits per heavy atom. The van der Waals surface area contributed by atoms with Crippen LogP contribution in [0.3, 0.4) is 0 Å². The van der Waals surface area contributed by atoms with Gasteiger partial charge in [0.2, 0.25) is 5.95 Å². The van der Waals surface area contributed by atoms with Crippen LogP contribution in [0.15, 0.2) is 36.7 Å². The van der Waals surface area contributed by atoms with Gasteiger partial charge in [-0.1, -0.05) is 6.07 Å². The van der Waals surface area contributed by atoms with Crippen LogP contribution in [0, 0.1) is 0 Å². The number of aromatic nitrogens is 6. The third kappa shape index (κ3) is 2.75. The molecule has 1 fully saturated rings. The Kier molecular flexibility index (Phi) is 3.34. The zero-order chi connectivity index (χ0) is 17.5. The highest BCUT2D eigenvalue weighted by Gasteiger charge is 2.26. The lowest BCUT2D eigenvalue weighted by atomic mass is 10.1. The third-order valence-corrected chi connectivity index (χ3v) is 4.66. The number of nitrogens with zero attached hydrogens (tertiary/aromatic N) is 4.